The Morgan fingerprint density at radius 3 is 2.45 bits per heavy atom. The van der Waals surface area contributed by atoms with Gasteiger partial charge in [0.25, 0.3) is 5.78 Å². The molecule has 1 aromatic heterocycles. The zero-order valence-electron chi connectivity index (χ0n) is 11.2. The fraction of sp³-hybridized carbons (Fsp3) is 0.143. The highest BCUT2D eigenvalue weighted by molar-refractivity contribution is 5.99. The Kier molecular flexibility index (Phi) is 4.03. The van der Waals surface area contributed by atoms with Gasteiger partial charge in [0.05, 0.1) is 12.8 Å². The van der Waals surface area contributed by atoms with E-state index in [0.29, 0.717) is 0 Å². The first-order valence-corrected chi connectivity index (χ1v) is 5.96. The fourth-order valence-corrected chi connectivity index (χ4v) is 1.78. The van der Waals surface area contributed by atoms with E-state index in [1.54, 1.807) is 0 Å². The second-order valence-electron chi connectivity index (χ2n) is 4.31. The molecule has 0 bridgehead atoms. The molecular weight excluding hydrogens is 304 g/mol. The van der Waals surface area contributed by atoms with Crippen LogP contribution in [-0.2, 0) is 0 Å². The molecule has 2 N–H and O–H groups in total. The normalized spacial score (nSPS) is 11.3. The van der Waals surface area contributed by atoms with E-state index in [1.807, 2.05) is 0 Å². The second kappa shape index (κ2) is 5.63. The smallest absolute Gasteiger partial charge is 0.456 e. The van der Waals surface area contributed by atoms with E-state index >= 15 is 0 Å². The number of Topliss-reactive ketones (excluding diaryl/α,β-unsaturated/α-hetero) is 1. The number of carbonyl (C=O) groups excluding carboxylic acids is 1. The molecule has 2 rings (SSSR count). The summed E-state index contributed by atoms with van der Waals surface area (Å²) in [6, 6.07) is 5.61. The quantitative estimate of drug-likeness (QED) is 0.537. The van der Waals surface area contributed by atoms with Gasteiger partial charge in [0, 0.05) is 5.56 Å². The summed E-state index contributed by atoms with van der Waals surface area (Å²) < 4.78 is 55.6. The molecule has 116 valence electrons. The van der Waals surface area contributed by atoms with Gasteiger partial charge < -0.3 is 10.5 Å². The number of nitrogen functional groups attached to an aromatic ring is 1. The van der Waals surface area contributed by atoms with Crippen LogP contribution in [0, 0.1) is 5.82 Å². The minimum Gasteiger partial charge on any atom is -0.494 e. The van der Waals surface area contributed by atoms with E-state index in [1.165, 1.54) is 25.3 Å². The van der Waals surface area contributed by atoms with E-state index in [4.69, 9.17) is 10.5 Å². The van der Waals surface area contributed by atoms with Crippen LogP contribution in [0.4, 0.5) is 23.2 Å². The number of aromatic nitrogens is 1. The van der Waals surface area contributed by atoms with Gasteiger partial charge in [0.15, 0.2) is 0 Å². The van der Waals surface area contributed by atoms with Crippen LogP contribution in [-0.4, -0.2) is 24.1 Å². The molecule has 0 saturated heterocycles. The first-order chi connectivity index (χ1) is 10.2. The van der Waals surface area contributed by atoms with Gasteiger partial charge in [0.2, 0.25) is 0 Å². The number of hydrogen-bond donors (Lipinski definition) is 1. The third kappa shape index (κ3) is 3.00. The summed E-state index contributed by atoms with van der Waals surface area (Å²) in [7, 11) is 1.29. The summed E-state index contributed by atoms with van der Waals surface area (Å²) in [6.45, 7) is 0. The number of benzene rings is 1. The highest BCUT2D eigenvalue weighted by Gasteiger charge is 2.40. The van der Waals surface area contributed by atoms with Gasteiger partial charge in [-0.25, -0.2) is 9.37 Å². The maximum absolute atomic E-state index is 13.2. The Labute approximate surface area is 122 Å². The third-order valence-corrected chi connectivity index (χ3v) is 2.84. The molecule has 0 atom stereocenters. The topological polar surface area (TPSA) is 65.2 Å². The largest absolute Gasteiger partial charge is 0.494 e. The Bertz CT molecular complexity index is 729. The van der Waals surface area contributed by atoms with Crippen molar-refractivity contribution in [2.45, 2.75) is 6.18 Å². The molecule has 0 aliphatic heterocycles. The van der Waals surface area contributed by atoms with Gasteiger partial charge in [-0.05, 0) is 30.3 Å². The minimum absolute atomic E-state index is 0.0377. The summed E-state index contributed by atoms with van der Waals surface area (Å²) in [5, 5.41) is 0. The van der Waals surface area contributed by atoms with Gasteiger partial charge in [-0.2, -0.15) is 13.2 Å². The van der Waals surface area contributed by atoms with Crippen molar-refractivity contribution in [3.8, 4) is 17.0 Å². The highest BCUT2D eigenvalue weighted by atomic mass is 19.4. The zero-order valence-corrected chi connectivity index (χ0v) is 11.2. The number of hydrogen-bond acceptors (Lipinski definition) is 4. The van der Waals surface area contributed by atoms with Crippen LogP contribution >= 0.6 is 0 Å². The molecule has 4 nitrogen and oxygen atoms in total. The van der Waals surface area contributed by atoms with E-state index < -0.39 is 23.5 Å². The molecule has 0 saturated carbocycles. The van der Waals surface area contributed by atoms with E-state index in [9.17, 15) is 22.4 Å². The summed E-state index contributed by atoms with van der Waals surface area (Å²) >= 11 is 0. The van der Waals surface area contributed by atoms with Gasteiger partial charge in [-0.3, -0.25) is 4.79 Å². The number of nitrogens with zero attached hydrogens (tertiary/aromatic N) is 1. The monoisotopic (exact) mass is 314 g/mol. The number of ketones is 1. The lowest BCUT2D eigenvalue weighted by Gasteiger charge is -2.11. The Morgan fingerprint density at radius 2 is 1.91 bits per heavy atom. The molecule has 0 unspecified atom stereocenters. The molecule has 0 fully saturated rings. The number of alkyl halides is 3. The van der Waals surface area contributed by atoms with Crippen molar-refractivity contribution in [3.63, 3.8) is 0 Å². The standard InChI is InChI=1S/C14H10F4N2O2/c1-22-11-5-4-10(13(21)14(16,17)18)20-12(11)7-2-3-8(15)9(19)6-7/h2-6H,19H2,1H3. The lowest BCUT2D eigenvalue weighted by Crippen LogP contribution is -2.24. The van der Waals surface area contributed by atoms with Crippen molar-refractivity contribution >= 4 is 11.5 Å². The van der Waals surface area contributed by atoms with E-state index in [0.717, 1.165) is 12.1 Å². The van der Waals surface area contributed by atoms with E-state index in [-0.39, 0.29) is 22.7 Å². The van der Waals surface area contributed by atoms with Crippen LogP contribution in [0.5, 0.6) is 5.75 Å². The first-order valence-electron chi connectivity index (χ1n) is 5.96. The van der Waals surface area contributed by atoms with Crippen LogP contribution in [0.15, 0.2) is 30.3 Å². The summed E-state index contributed by atoms with van der Waals surface area (Å²) in [5.41, 5.74) is 4.63. The average Bonchev–Trinajstić information content (AvgIpc) is 2.47. The predicted octanol–water partition coefficient (Wildman–Crippen LogP) is 3.22. The SMILES string of the molecule is COc1ccc(C(=O)C(F)(F)F)nc1-c1ccc(F)c(N)c1. The van der Waals surface area contributed by atoms with Gasteiger partial charge in [-0.1, -0.05) is 0 Å². The van der Waals surface area contributed by atoms with Crippen LogP contribution in [0.1, 0.15) is 10.5 Å². The van der Waals surface area contributed by atoms with Crippen LogP contribution < -0.4 is 10.5 Å². The van der Waals surface area contributed by atoms with Crippen molar-refractivity contribution in [2.24, 2.45) is 0 Å². The number of nitrogens with two attached hydrogens (primary N) is 1. The number of methoxy groups -OCH3 is 1. The van der Waals surface area contributed by atoms with Gasteiger partial charge in [0.1, 0.15) is 23.0 Å². The molecule has 2 aromatic rings. The fourth-order valence-electron chi connectivity index (χ4n) is 1.78. The van der Waals surface area contributed by atoms with Crippen molar-refractivity contribution < 1.29 is 27.1 Å². The Balaban J connectivity index is 2.58. The molecule has 0 radical (unpaired) electrons. The van der Waals surface area contributed by atoms with Gasteiger partial charge >= 0.3 is 6.18 Å². The average molecular weight is 314 g/mol. The van der Waals surface area contributed by atoms with Crippen molar-refractivity contribution in [3.05, 3.63) is 41.8 Å². The molecule has 1 aromatic carbocycles. The molecular formula is C14H10F4N2O2. The molecule has 8 heteroatoms. The molecule has 1 heterocycles. The molecule has 0 spiro atoms. The zero-order chi connectivity index (χ0) is 16.5. The first kappa shape index (κ1) is 15.7. The number of pyridine rings is 1. The summed E-state index contributed by atoms with van der Waals surface area (Å²) in [4.78, 5) is 14.9. The van der Waals surface area contributed by atoms with Crippen LogP contribution in [0.3, 0.4) is 0 Å². The molecule has 22 heavy (non-hydrogen) atoms. The molecule has 0 aliphatic rings. The minimum atomic E-state index is -5.04. The maximum Gasteiger partial charge on any atom is 0.456 e. The summed E-state index contributed by atoms with van der Waals surface area (Å²) in [6.07, 6.45) is -5.04. The number of halogens is 4. The Morgan fingerprint density at radius 1 is 1.23 bits per heavy atom. The van der Waals surface area contributed by atoms with Crippen molar-refractivity contribution in [1.82, 2.24) is 4.98 Å². The second-order valence-corrected chi connectivity index (χ2v) is 4.31. The summed E-state index contributed by atoms with van der Waals surface area (Å²) in [5.74, 6) is -2.62. The predicted molar refractivity (Wildman–Crippen MR) is 71.0 cm³/mol. The van der Waals surface area contributed by atoms with Crippen LogP contribution in [0.25, 0.3) is 11.3 Å². The van der Waals surface area contributed by atoms with E-state index in [2.05, 4.69) is 4.98 Å². The van der Waals surface area contributed by atoms with Gasteiger partial charge in [-0.15, -0.1) is 0 Å². The molecule has 0 aliphatic carbocycles. The number of ether oxygens (including phenoxy) is 1. The Hall–Kier alpha value is -2.64. The maximum atomic E-state index is 13.2. The third-order valence-electron chi connectivity index (χ3n) is 2.84. The number of carbonyl (C=O) groups is 1. The molecule has 0 amide bonds. The number of rotatable bonds is 3. The van der Waals surface area contributed by atoms with Crippen molar-refractivity contribution in [2.75, 3.05) is 12.8 Å². The lowest BCUT2D eigenvalue weighted by atomic mass is 10.1. The van der Waals surface area contributed by atoms with Crippen LogP contribution in [0.2, 0.25) is 0 Å². The highest BCUT2D eigenvalue weighted by Crippen LogP contribution is 2.31. The van der Waals surface area contributed by atoms with Crippen molar-refractivity contribution in [1.29, 1.82) is 0 Å². The lowest BCUT2D eigenvalue weighted by molar-refractivity contribution is -0.0888. The number of anilines is 1.